The molecule has 25 heavy (non-hydrogen) atoms. The molecule has 0 saturated carbocycles. The summed E-state index contributed by atoms with van der Waals surface area (Å²) in [6.45, 7) is 2.97. The molecule has 1 fully saturated rings. The number of hydrogen-bond acceptors (Lipinski definition) is 4. The normalized spacial score (nSPS) is 21.5. The summed E-state index contributed by atoms with van der Waals surface area (Å²) in [6.07, 6.45) is 1.85. The van der Waals surface area contributed by atoms with Gasteiger partial charge < -0.3 is 4.90 Å². The zero-order valence-corrected chi connectivity index (χ0v) is 15.6. The van der Waals surface area contributed by atoms with Crippen molar-refractivity contribution >= 4 is 15.9 Å². The summed E-state index contributed by atoms with van der Waals surface area (Å²) in [5, 5.41) is 8.70. The largest absolute Gasteiger partial charge is 0.332 e. The first-order valence-corrected chi connectivity index (χ1v) is 10.00. The molecule has 0 N–H and O–H groups in total. The van der Waals surface area contributed by atoms with E-state index in [4.69, 9.17) is 5.26 Å². The Morgan fingerprint density at radius 2 is 2.00 bits per heavy atom. The van der Waals surface area contributed by atoms with E-state index in [2.05, 4.69) is 0 Å². The van der Waals surface area contributed by atoms with Crippen LogP contribution < -0.4 is 0 Å². The van der Waals surface area contributed by atoms with Crippen LogP contribution in [0, 0.1) is 23.2 Å². The van der Waals surface area contributed by atoms with E-state index in [0.29, 0.717) is 30.8 Å². The van der Waals surface area contributed by atoms with Crippen LogP contribution in [-0.4, -0.2) is 50.2 Å². The van der Waals surface area contributed by atoms with Gasteiger partial charge in [0.1, 0.15) is 6.54 Å². The molecule has 1 amide bonds. The van der Waals surface area contributed by atoms with Crippen molar-refractivity contribution in [3.63, 3.8) is 0 Å². The third-order valence-corrected chi connectivity index (χ3v) is 6.81. The van der Waals surface area contributed by atoms with E-state index in [1.165, 1.54) is 9.21 Å². The molecule has 2 atom stereocenters. The van der Waals surface area contributed by atoms with E-state index < -0.39 is 10.0 Å². The molecule has 1 heterocycles. The van der Waals surface area contributed by atoms with Crippen molar-refractivity contribution in [2.45, 2.75) is 31.1 Å². The summed E-state index contributed by atoms with van der Waals surface area (Å²) in [4.78, 5) is 13.9. The molecule has 2 rings (SSSR count). The quantitative estimate of drug-likeness (QED) is 0.725. The van der Waals surface area contributed by atoms with Gasteiger partial charge in [0, 0.05) is 26.6 Å². The number of carbonyl (C=O) groups is 1. The van der Waals surface area contributed by atoms with Gasteiger partial charge in [-0.05, 0) is 30.4 Å². The SMILES string of the molecule is CCC1CN(S(=O)(=O)c2ccccc2)CCC1CC(=O)N(C)CC#N. The van der Waals surface area contributed by atoms with Gasteiger partial charge in [-0.15, -0.1) is 0 Å². The van der Waals surface area contributed by atoms with Crippen molar-refractivity contribution in [2.24, 2.45) is 11.8 Å². The highest BCUT2D eigenvalue weighted by atomic mass is 32.2. The molecule has 0 aromatic heterocycles. The number of hydrogen-bond donors (Lipinski definition) is 0. The first kappa shape index (κ1) is 19.4. The third kappa shape index (κ3) is 4.59. The third-order valence-electron chi connectivity index (χ3n) is 4.93. The van der Waals surface area contributed by atoms with Gasteiger partial charge in [0.05, 0.1) is 11.0 Å². The lowest BCUT2D eigenvalue weighted by Gasteiger charge is -2.37. The second-order valence-corrected chi connectivity index (χ2v) is 8.44. The van der Waals surface area contributed by atoms with Crippen LogP contribution in [-0.2, 0) is 14.8 Å². The Hall–Kier alpha value is -1.91. The van der Waals surface area contributed by atoms with Crippen molar-refractivity contribution in [1.82, 2.24) is 9.21 Å². The second kappa shape index (κ2) is 8.45. The predicted octanol–water partition coefficient (Wildman–Crippen LogP) is 2.10. The molecule has 2 unspecified atom stereocenters. The first-order chi connectivity index (χ1) is 11.9. The van der Waals surface area contributed by atoms with Gasteiger partial charge in [-0.3, -0.25) is 4.79 Å². The van der Waals surface area contributed by atoms with Gasteiger partial charge in [0.25, 0.3) is 0 Å². The van der Waals surface area contributed by atoms with E-state index in [-0.39, 0.29) is 24.3 Å². The van der Waals surface area contributed by atoms with Gasteiger partial charge in [-0.2, -0.15) is 9.57 Å². The second-order valence-electron chi connectivity index (χ2n) is 6.51. The average Bonchev–Trinajstić information content (AvgIpc) is 2.62. The zero-order chi connectivity index (χ0) is 18.4. The van der Waals surface area contributed by atoms with E-state index in [1.807, 2.05) is 13.0 Å². The minimum Gasteiger partial charge on any atom is -0.332 e. The van der Waals surface area contributed by atoms with Crippen molar-refractivity contribution in [2.75, 3.05) is 26.7 Å². The molecule has 6 nitrogen and oxygen atoms in total. The van der Waals surface area contributed by atoms with Gasteiger partial charge in [-0.25, -0.2) is 8.42 Å². The topological polar surface area (TPSA) is 81.5 Å². The summed E-state index contributed by atoms with van der Waals surface area (Å²) < 4.78 is 27.1. The molecule has 1 saturated heterocycles. The molecule has 1 aliphatic rings. The Balaban J connectivity index is 2.06. The van der Waals surface area contributed by atoms with Crippen LogP contribution in [0.3, 0.4) is 0 Å². The lowest BCUT2D eigenvalue weighted by molar-refractivity contribution is -0.131. The Labute approximate surface area is 150 Å². The predicted molar refractivity (Wildman–Crippen MR) is 95.0 cm³/mol. The number of carbonyl (C=O) groups excluding carboxylic acids is 1. The molecule has 0 spiro atoms. The van der Waals surface area contributed by atoms with E-state index in [1.54, 1.807) is 37.4 Å². The van der Waals surface area contributed by atoms with Gasteiger partial charge >= 0.3 is 0 Å². The molecule has 0 aliphatic carbocycles. The summed E-state index contributed by atoms with van der Waals surface area (Å²) in [7, 11) is -1.86. The lowest BCUT2D eigenvalue weighted by Crippen LogP contribution is -2.44. The fourth-order valence-corrected chi connectivity index (χ4v) is 4.85. The van der Waals surface area contributed by atoms with E-state index in [0.717, 1.165) is 6.42 Å². The van der Waals surface area contributed by atoms with Crippen LogP contribution in [0.1, 0.15) is 26.2 Å². The maximum absolute atomic E-state index is 12.8. The minimum absolute atomic E-state index is 0.0515. The number of amides is 1. The Morgan fingerprint density at radius 1 is 1.32 bits per heavy atom. The van der Waals surface area contributed by atoms with Crippen LogP contribution in [0.4, 0.5) is 0 Å². The van der Waals surface area contributed by atoms with Crippen molar-refractivity contribution in [1.29, 1.82) is 5.26 Å². The number of piperidine rings is 1. The Morgan fingerprint density at radius 3 is 2.60 bits per heavy atom. The standard InChI is InChI=1S/C18H25N3O3S/c1-3-15-14-21(25(23,24)17-7-5-4-6-8-17)11-9-16(15)13-18(22)20(2)12-10-19/h4-8,15-16H,3,9,11-14H2,1-2H3. The van der Waals surface area contributed by atoms with Gasteiger partial charge in [-0.1, -0.05) is 31.5 Å². The zero-order valence-electron chi connectivity index (χ0n) is 14.8. The van der Waals surface area contributed by atoms with Crippen molar-refractivity contribution in [3.05, 3.63) is 30.3 Å². The van der Waals surface area contributed by atoms with E-state index >= 15 is 0 Å². The number of nitriles is 1. The van der Waals surface area contributed by atoms with Crippen LogP contribution in [0.25, 0.3) is 0 Å². The van der Waals surface area contributed by atoms with Crippen LogP contribution >= 0.6 is 0 Å². The summed E-state index contributed by atoms with van der Waals surface area (Å²) >= 11 is 0. The molecule has 0 bridgehead atoms. The van der Waals surface area contributed by atoms with Gasteiger partial charge in [0.15, 0.2) is 0 Å². The van der Waals surface area contributed by atoms with Crippen LogP contribution in [0.15, 0.2) is 35.2 Å². The van der Waals surface area contributed by atoms with Crippen LogP contribution in [0.5, 0.6) is 0 Å². The smallest absolute Gasteiger partial charge is 0.243 e. The molecule has 7 heteroatoms. The Kier molecular flexibility index (Phi) is 6.57. The van der Waals surface area contributed by atoms with E-state index in [9.17, 15) is 13.2 Å². The lowest BCUT2D eigenvalue weighted by atomic mass is 9.82. The fourth-order valence-electron chi connectivity index (χ4n) is 3.31. The minimum atomic E-state index is -3.49. The Bertz CT molecular complexity index is 728. The highest BCUT2D eigenvalue weighted by Gasteiger charge is 2.35. The number of nitrogens with zero attached hydrogens (tertiary/aromatic N) is 3. The monoisotopic (exact) mass is 363 g/mol. The summed E-state index contributed by atoms with van der Waals surface area (Å²) in [6, 6.07) is 10.4. The first-order valence-electron chi connectivity index (χ1n) is 8.56. The maximum atomic E-state index is 12.8. The number of sulfonamides is 1. The molecule has 1 aromatic rings. The summed E-state index contributed by atoms with van der Waals surface area (Å²) in [5.41, 5.74) is 0. The number of benzene rings is 1. The molecular formula is C18H25N3O3S. The highest BCUT2D eigenvalue weighted by molar-refractivity contribution is 7.89. The molecule has 136 valence electrons. The molecule has 1 aromatic carbocycles. The molecular weight excluding hydrogens is 338 g/mol. The number of rotatable bonds is 6. The fraction of sp³-hybridized carbons (Fsp3) is 0.556. The highest BCUT2D eigenvalue weighted by Crippen LogP contribution is 2.32. The van der Waals surface area contributed by atoms with Crippen LogP contribution in [0.2, 0.25) is 0 Å². The van der Waals surface area contributed by atoms with Crippen molar-refractivity contribution in [3.8, 4) is 6.07 Å². The van der Waals surface area contributed by atoms with Gasteiger partial charge in [0.2, 0.25) is 15.9 Å². The summed E-state index contributed by atoms with van der Waals surface area (Å²) in [5.74, 6) is 0.247. The molecule has 1 aliphatic heterocycles. The van der Waals surface area contributed by atoms with Crippen molar-refractivity contribution < 1.29 is 13.2 Å². The maximum Gasteiger partial charge on any atom is 0.243 e. The average molecular weight is 363 g/mol. The molecule has 0 radical (unpaired) electrons.